The molecule has 1 aromatic carbocycles. The summed E-state index contributed by atoms with van der Waals surface area (Å²) < 4.78 is 5.32. The highest BCUT2D eigenvalue weighted by molar-refractivity contribution is 5.84. The molecule has 19 heavy (non-hydrogen) atoms. The Bertz CT molecular complexity index is 497. The first-order valence-electron chi connectivity index (χ1n) is 6.49. The molecular formula is C15H21NO3. The van der Waals surface area contributed by atoms with Crippen LogP contribution in [0.2, 0.25) is 0 Å². The molecule has 104 valence electrons. The van der Waals surface area contributed by atoms with Crippen molar-refractivity contribution in [3.8, 4) is 0 Å². The molecule has 2 rings (SSSR count). The number of aliphatic carboxylic acids is 1. The molecule has 0 radical (unpaired) electrons. The zero-order valence-corrected chi connectivity index (χ0v) is 11.7. The Labute approximate surface area is 113 Å². The average molecular weight is 263 g/mol. The van der Waals surface area contributed by atoms with Crippen molar-refractivity contribution in [2.75, 3.05) is 18.9 Å². The predicted molar refractivity (Wildman–Crippen MR) is 74.3 cm³/mol. The lowest BCUT2D eigenvalue weighted by molar-refractivity contribution is -0.143. The van der Waals surface area contributed by atoms with E-state index in [0.29, 0.717) is 24.3 Å². The van der Waals surface area contributed by atoms with Gasteiger partial charge in [0.15, 0.2) is 0 Å². The van der Waals surface area contributed by atoms with Gasteiger partial charge in [-0.05, 0) is 29.0 Å². The van der Waals surface area contributed by atoms with E-state index < -0.39 is 11.4 Å². The standard InChI is InChI=1S/C15H21NO3/c1-14(2,3)10-4-5-12(16)11(8-10)15(13(17)18)6-7-19-9-15/h4-5,8H,6-7,9,16H2,1-3H3,(H,17,18). The third-order valence-electron chi connectivity index (χ3n) is 3.87. The van der Waals surface area contributed by atoms with Gasteiger partial charge in [-0.15, -0.1) is 0 Å². The van der Waals surface area contributed by atoms with Crippen molar-refractivity contribution in [1.29, 1.82) is 0 Å². The van der Waals surface area contributed by atoms with Crippen LogP contribution in [0.4, 0.5) is 5.69 Å². The molecule has 1 aromatic rings. The molecule has 4 heteroatoms. The molecule has 1 saturated heterocycles. The minimum Gasteiger partial charge on any atom is -0.481 e. The Balaban J connectivity index is 2.57. The third-order valence-corrected chi connectivity index (χ3v) is 3.87. The molecule has 0 aromatic heterocycles. The van der Waals surface area contributed by atoms with E-state index >= 15 is 0 Å². The van der Waals surface area contributed by atoms with Crippen molar-refractivity contribution in [3.63, 3.8) is 0 Å². The number of carboxylic acids is 1. The highest BCUT2D eigenvalue weighted by atomic mass is 16.5. The van der Waals surface area contributed by atoms with Gasteiger partial charge in [-0.25, -0.2) is 0 Å². The molecular weight excluding hydrogens is 242 g/mol. The maximum absolute atomic E-state index is 11.7. The molecule has 0 bridgehead atoms. The highest BCUT2D eigenvalue weighted by Crippen LogP contribution is 2.39. The van der Waals surface area contributed by atoms with Crippen LogP contribution < -0.4 is 5.73 Å². The van der Waals surface area contributed by atoms with Crippen molar-refractivity contribution < 1.29 is 14.6 Å². The summed E-state index contributed by atoms with van der Waals surface area (Å²) in [7, 11) is 0. The normalized spacial score (nSPS) is 23.5. The molecule has 0 saturated carbocycles. The summed E-state index contributed by atoms with van der Waals surface area (Å²) in [5.74, 6) is -0.859. The Hall–Kier alpha value is -1.55. The molecule has 1 atom stereocenters. The van der Waals surface area contributed by atoms with E-state index in [1.54, 1.807) is 6.07 Å². The second-order valence-corrected chi connectivity index (χ2v) is 6.24. The fraction of sp³-hybridized carbons (Fsp3) is 0.533. The summed E-state index contributed by atoms with van der Waals surface area (Å²) in [6, 6.07) is 5.70. The Morgan fingerprint density at radius 3 is 2.58 bits per heavy atom. The molecule has 0 aliphatic carbocycles. The van der Waals surface area contributed by atoms with Gasteiger partial charge in [0.25, 0.3) is 0 Å². The van der Waals surface area contributed by atoms with Crippen LogP contribution in [-0.4, -0.2) is 24.3 Å². The topological polar surface area (TPSA) is 72.6 Å². The molecule has 0 spiro atoms. The molecule has 1 heterocycles. The second-order valence-electron chi connectivity index (χ2n) is 6.24. The van der Waals surface area contributed by atoms with Gasteiger partial charge in [0.1, 0.15) is 5.41 Å². The lowest BCUT2D eigenvalue weighted by Gasteiger charge is -2.27. The number of nitrogen functional groups attached to an aromatic ring is 1. The number of benzene rings is 1. The Kier molecular flexibility index (Phi) is 3.31. The van der Waals surface area contributed by atoms with Crippen molar-refractivity contribution >= 4 is 11.7 Å². The zero-order chi connectivity index (χ0) is 14.3. The number of anilines is 1. The van der Waals surface area contributed by atoms with Gasteiger partial charge in [-0.3, -0.25) is 4.79 Å². The van der Waals surface area contributed by atoms with E-state index in [-0.39, 0.29) is 12.0 Å². The summed E-state index contributed by atoms with van der Waals surface area (Å²) in [5, 5.41) is 9.60. The quantitative estimate of drug-likeness (QED) is 0.803. The van der Waals surface area contributed by atoms with Gasteiger partial charge in [-0.1, -0.05) is 32.9 Å². The predicted octanol–water partition coefficient (Wildman–Crippen LogP) is 2.31. The fourth-order valence-electron chi connectivity index (χ4n) is 2.50. The molecule has 1 aliphatic heterocycles. The molecule has 1 aliphatic rings. The average Bonchev–Trinajstić information content (AvgIpc) is 2.78. The number of nitrogens with two attached hydrogens (primary N) is 1. The summed E-state index contributed by atoms with van der Waals surface area (Å²) in [4.78, 5) is 11.7. The molecule has 3 N–H and O–H groups in total. The van der Waals surface area contributed by atoms with Gasteiger partial charge in [0.2, 0.25) is 0 Å². The van der Waals surface area contributed by atoms with Crippen LogP contribution in [0.15, 0.2) is 18.2 Å². The number of hydrogen-bond acceptors (Lipinski definition) is 3. The SMILES string of the molecule is CC(C)(C)c1ccc(N)c(C2(C(=O)O)CCOC2)c1. The number of carbonyl (C=O) groups is 1. The molecule has 1 fully saturated rings. The van der Waals surface area contributed by atoms with Crippen molar-refractivity contribution in [3.05, 3.63) is 29.3 Å². The summed E-state index contributed by atoms with van der Waals surface area (Å²) in [6.07, 6.45) is 0.472. The molecule has 0 amide bonds. The van der Waals surface area contributed by atoms with Crippen LogP contribution in [0, 0.1) is 0 Å². The van der Waals surface area contributed by atoms with E-state index in [4.69, 9.17) is 10.5 Å². The van der Waals surface area contributed by atoms with Crippen molar-refractivity contribution in [1.82, 2.24) is 0 Å². The third kappa shape index (κ3) is 2.32. The highest BCUT2D eigenvalue weighted by Gasteiger charge is 2.45. The lowest BCUT2D eigenvalue weighted by atomic mass is 9.76. The van der Waals surface area contributed by atoms with Crippen LogP contribution >= 0.6 is 0 Å². The van der Waals surface area contributed by atoms with Gasteiger partial charge in [-0.2, -0.15) is 0 Å². The van der Waals surface area contributed by atoms with Crippen molar-refractivity contribution in [2.45, 2.75) is 38.0 Å². The number of carboxylic acid groups (broad SMARTS) is 1. The van der Waals surface area contributed by atoms with E-state index in [0.717, 1.165) is 5.56 Å². The van der Waals surface area contributed by atoms with Crippen LogP contribution in [0.5, 0.6) is 0 Å². The minimum atomic E-state index is -0.995. The Morgan fingerprint density at radius 1 is 1.42 bits per heavy atom. The van der Waals surface area contributed by atoms with E-state index in [1.807, 2.05) is 12.1 Å². The first kappa shape index (κ1) is 13.9. The van der Waals surface area contributed by atoms with Crippen LogP contribution in [-0.2, 0) is 20.4 Å². The van der Waals surface area contributed by atoms with Gasteiger partial charge < -0.3 is 15.6 Å². The van der Waals surface area contributed by atoms with Gasteiger partial charge in [0.05, 0.1) is 6.61 Å². The smallest absolute Gasteiger partial charge is 0.316 e. The summed E-state index contributed by atoms with van der Waals surface area (Å²) in [5.41, 5.74) is 7.28. The molecule has 1 unspecified atom stereocenters. The summed E-state index contributed by atoms with van der Waals surface area (Å²) in [6.45, 7) is 6.95. The van der Waals surface area contributed by atoms with Crippen LogP contribution in [0.1, 0.15) is 38.3 Å². The van der Waals surface area contributed by atoms with Gasteiger partial charge >= 0.3 is 5.97 Å². The number of hydrogen-bond donors (Lipinski definition) is 2. The van der Waals surface area contributed by atoms with Gasteiger partial charge in [0, 0.05) is 12.3 Å². The number of ether oxygens (including phenoxy) is 1. The van der Waals surface area contributed by atoms with E-state index in [2.05, 4.69) is 20.8 Å². The Morgan fingerprint density at radius 2 is 2.11 bits per heavy atom. The van der Waals surface area contributed by atoms with Crippen molar-refractivity contribution in [2.24, 2.45) is 0 Å². The second kappa shape index (κ2) is 4.53. The monoisotopic (exact) mass is 263 g/mol. The van der Waals surface area contributed by atoms with Crippen LogP contribution in [0.25, 0.3) is 0 Å². The zero-order valence-electron chi connectivity index (χ0n) is 11.7. The first-order valence-corrected chi connectivity index (χ1v) is 6.49. The maximum atomic E-state index is 11.7. The summed E-state index contributed by atoms with van der Waals surface area (Å²) >= 11 is 0. The maximum Gasteiger partial charge on any atom is 0.316 e. The fourth-order valence-corrected chi connectivity index (χ4v) is 2.50. The molecule has 4 nitrogen and oxygen atoms in total. The first-order chi connectivity index (χ1) is 8.77. The van der Waals surface area contributed by atoms with E-state index in [1.165, 1.54) is 0 Å². The minimum absolute atomic E-state index is 0.0401. The van der Waals surface area contributed by atoms with Crippen LogP contribution in [0.3, 0.4) is 0 Å². The number of rotatable bonds is 2. The van der Waals surface area contributed by atoms with E-state index in [9.17, 15) is 9.90 Å². The lowest BCUT2D eigenvalue weighted by Crippen LogP contribution is -2.37. The largest absolute Gasteiger partial charge is 0.481 e.